The SMILES string of the molecule is CSNC1CCC(NCCC(C)NC(C)=O)(c2cccc(C(C)(C)C)c2)CC1. The van der Waals surface area contributed by atoms with E-state index in [1.54, 1.807) is 18.9 Å². The fourth-order valence-corrected chi connectivity index (χ4v) is 4.76. The lowest BCUT2D eigenvalue weighted by molar-refractivity contribution is -0.119. The van der Waals surface area contributed by atoms with Gasteiger partial charge in [-0.05, 0) is 68.4 Å². The number of benzene rings is 1. The topological polar surface area (TPSA) is 53.2 Å². The number of carbonyl (C=O) groups is 1. The summed E-state index contributed by atoms with van der Waals surface area (Å²) in [4.78, 5) is 11.3. The maximum absolute atomic E-state index is 11.3. The summed E-state index contributed by atoms with van der Waals surface area (Å²) in [5.74, 6) is 0.0451. The van der Waals surface area contributed by atoms with Gasteiger partial charge < -0.3 is 10.6 Å². The molecule has 0 aromatic heterocycles. The summed E-state index contributed by atoms with van der Waals surface area (Å²) >= 11 is 1.73. The summed E-state index contributed by atoms with van der Waals surface area (Å²) in [6, 6.07) is 9.95. The fourth-order valence-electron chi connectivity index (χ4n) is 4.19. The number of rotatable bonds is 8. The minimum Gasteiger partial charge on any atom is -0.354 e. The van der Waals surface area contributed by atoms with Crippen LogP contribution in [0.5, 0.6) is 0 Å². The van der Waals surface area contributed by atoms with Crippen LogP contribution in [0.1, 0.15) is 77.8 Å². The normalized spacial score (nSPS) is 24.0. The molecular weight excluding hydrogens is 366 g/mol. The van der Waals surface area contributed by atoms with Crippen molar-refractivity contribution in [1.82, 2.24) is 15.4 Å². The van der Waals surface area contributed by atoms with Gasteiger partial charge in [-0.25, -0.2) is 0 Å². The van der Waals surface area contributed by atoms with Gasteiger partial charge in [0.2, 0.25) is 5.91 Å². The van der Waals surface area contributed by atoms with E-state index in [2.05, 4.69) is 73.6 Å². The molecule has 1 aromatic rings. The first-order valence-corrected chi connectivity index (χ1v) is 11.8. The second kappa shape index (κ2) is 10.1. The summed E-state index contributed by atoms with van der Waals surface area (Å²) in [6.45, 7) is 11.4. The first kappa shape index (κ1) is 23.2. The Morgan fingerprint density at radius 1 is 1.29 bits per heavy atom. The maximum Gasteiger partial charge on any atom is 0.217 e. The molecule has 0 heterocycles. The van der Waals surface area contributed by atoms with Gasteiger partial charge in [0.05, 0.1) is 0 Å². The quantitative estimate of drug-likeness (QED) is 0.558. The lowest BCUT2D eigenvalue weighted by Gasteiger charge is -2.42. The Morgan fingerprint density at radius 2 is 1.96 bits per heavy atom. The Labute approximate surface area is 176 Å². The highest BCUT2D eigenvalue weighted by atomic mass is 32.2. The van der Waals surface area contributed by atoms with Gasteiger partial charge in [0, 0.05) is 24.5 Å². The van der Waals surface area contributed by atoms with Crippen LogP contribution >= 0.6 is 11.9 Å². The summed E-state index contributed by atoms with van der Waals surface area (Å²) in [7, 11) is 0. The number of carbonyl (C=O) groups excluding carboxylic acids is 1. The Morgan fingerprint density at radius 3 is 2.54 bits per heavy atom. The van der Waals surface area contributed by atoms with E-state index in [-0.39, 0.29) is 22.9 Å². The van der Waals surface area contributed by atoms with Gasteiger partial charge >= 0.3 is 0 Å². The lowest BCUT2D eigenvalue weighted by Crippen LogP contribution is -2.49. The zero-order valence-electron chi connectivity index (χ0n) is 18.5. The summed E-state index contributed by atoms with van der Waals surface area (Å²) in [5, 5.41) is 6.90. The summed E-state index contributed by atoms with van der Waals surface area (Å²) in [5.41, 5.74) is 2.97. The van der Waals surface area contributed by atoms with Gasteiger partial charge in [-0.2, -0.15) is 0 Å². The lowest BCUT2D eigenvalue weighted by atomic mass is 9.73. The minimum atomic E-state index is 0.0216. The Kier molecular flexibility index (Phi) is 8.41. The second-order valence-electron chi connectivity index (χ2n) is 9.33. The van der Waals surface area contributed by atoms with Crippen LogP contribution in [0, 0.1) is 0 Å². The number of nitrogens with one attached hydrogen (secondary N) is 3. The Balaban J connectivity index is 2.17. The molecule has 0 bridgehead atoms. The maximum atomic E-state index is 11.3. The predicted molar refractivity (Wildman–Crippen MR) is 122 cm³/mol. The van der Waals surface area contributed by atoms with E-state index in [0.717, 1.165) is 25.8 Å². The van der Waals surface area contributed by atoms with Crippen molar-refractivity contribution in [2.45, 2.75) is 89.8 Å². The Hall–Kier alpha value is -1.04. The van der Waals surface area contributed by atoms with Gasteiger partial charge in [0.15, 0.2) is 0 Å². The van der Waals surface area contributed by atoms with Crippen LogP contribution in [0.4, 0.5) is 0 Å². The standard InChI is InChI=1S/C23H39N3OS/c1-17(25-18(2)27)12-15-24-23(13-10-21(11-14-23)26-28-6)20-9-7-8-19(16-20)22(3,4)5/h7-9,16-17,21,24,26H,10-15H2,1-6H3,(H,25,27). The van der Waals surface area contributed by atoms with Crippen molar-refractivity contribution in [3.05, 3.63) is 35.4 Å². The van der Waals surface area contributed by atoms with E-state index in [1.807, 2.05) is 0 Å². The minimum absolute atomic E-state index is 0.0216. The molecule has 5 heteroatoms. The van der Waals surface area contributed by atoms with Crippen molar-refractivity contribution in [2.75, 3.05) is 12.8 Å². The average Bonchev–Trinajstić information content (AvgIpc) is 2.62. The molecule has 1 saturated carbocycles. The first-order valence-electron chi connectivity index (χ1n) is 10.6. The van der Waals surface area contributed by atoms with Crippen LogP contribution < -0.4 is 15.4 Å². The van der Waals surface area contributed by atoms with Gasteiger partial charge in [-0.1, -0.05) is 57.0 Å². The monoisotopic (exact) mass is 405 g/mol. The highest BCUT2D eigenvalue weighted by Crippen LogP contribution is 2.39. The van der Waals surface area contributed by atoms with Gasteiger partial charge in [0.25, 0.3) is 0 Å². The van der Waals surface area contributed by atoms with Gasteiger partial charge in [-0.3, -0.25) is 9.52 Å². The molecule has 0 spiro atoms. The molecule has 28 heavy (non-hydrogen) atoms. The highest BCUT2D eigenvalue weighted by molar-refractivity contribution is 7.96. The number of amides is 1. The van der Waals surface area contributed by atoms with E-state index in [1.165, 1.54) is 24.0 Å². The largest absolute Gasteiger partial charge is 0.354 e. The van der Waals surface area contributed by atoms with Crippen LogP contribution in [0.25, 0.3) is 0 Å². The van der Waals surface area contributed by atoms with Crippen LogP contribution in [-0.4, -0.2) is 30.8 Å². The molecule has 0 aliphatic heterocycles. The first-order chi connectivity index (χ1) is 13.2. The Bertz CT molecular complexity index is 633. The molecule has 1 fully saturated rings. The zero-order valence-corrected chi connectivity index (χ0v) is 19.3. The summed E-state index contributed by atoms with van der Waals surface area (Å²) in [6.07, 6.45) is 7.66. The van der Waals surface area contributed by atoms with Crippen molar-refractivity contribution in [2.24, 2.45) is 0 Å². The molecule has 158 valence electrons. The molecule has 1 amide bonds. The molecule has 3 N–H and O–H groups in total. The van der Waals surface area contributed by atoms with Gasteiger partial charge in [0.1, 0.15) is 0 Å². The van der Waals surface area contributed by atoms with Crippen LogP contribution in [0.3, 0.4) is 0 Å². The molecule has 1 unspecified atom stereocenters. The second-order valence-corrected chi connectivity index (χ2v) is 9.97. The van der Waals surface area contributed by atoms with E-state index < -0.39 is 0 Å². The third kappa shape index (κ3) is 6.50. The molecular formula is C23H39N3OS. The zero-order chi connectivity index (χ0) is 20.8. The molecule has 1 aliphatic rings. The van der Waals surface area contributed by atoms with E-state index in [9.17, 15) is 4.79 Å². The average molecular weight is 406 g/mol. The molecule has 1 aromatic carbocycles. The van der Waals surface area contributed by atoms with E-state index in [4.69, 9.17) is 0 Å². The van der Waals surface area contributed by atoms with E-state index >= 15 is 0 Å². The molecule has 1 aliphatic carbocycles. The van der Waals surface area contributed by atoms with Crippen molar-refractivity contribution in [3.8, 4) is 0 Å². The van der Waals surface area contributed by atoms with Crippen molar-refractivity contribution < 1.29 is 4.79 Å². The van der Waals surface area contributed by atoms with Crippen LogP contribution in [0.15, 0.2) is 24.3 Å². The fraction of sp³-hybridized carbons (Fsp3) is 0.696. The molecule has 0 saturated heterocycles. The number of hydrogen-bond acceptors (Lipinski definition) is 4. The van der Waals surface area contributed by atoms with E-state index in [0.29, 0.717) is 6.04 Å². The molecule has 2 rings (SSSR count). The number of hydrogen-bond donors (Lipinski definition) is 3. The summed E-state index contributed by atoms with van der Waals surface area (Å²) < 4.78 is 3.55. The smallest absolute Gasteiger partial charge is 0.217 e. The predicted octanol–water partition coefficient (Wildman–Crippen LogP) is 4.49. The third-order valence-electron chi connectivity index (χ3n) is 5.90. The highest BCUT2D eigenvalue weighted by Gasteiger charge is 2.36. The van der Waals surface area contributed by atoms with Crippen molar-refractivity contribution in [1.29, 1.82) is 0 Å². The van der Waals surface area contributed by atoms with Crippen LogP contribution in [0.2, 0.25) is 0 Å². The molecule has 4 nitrogen and oxygen atoms in total. The molecule has 1 atom stereocenters. The van der Waals surface area contributed by atoms with Crippen molar-refractivity contribution >= 4 is 17.9 Å². The third-order valence-corrected chi connectivity index (χ3v) is 6.46. The van der Waals surface area contributed by atoms with Gasteiger partial charge in [-0.15, -0.1) is 0 Å². The van der Waals surface area contributed by atoms with Crippen molar-refractivity contribution in [3.63, 3.8) is 0 Å². The van der Waals surface area contributed by atoms with Crippen LogP contribution in [-0.2, 0) is 15.7 Å². The molecule has 0 radical (unpaired) electrons.